The van der Waals surface area contributed by atoms with Crippen LogP contribution < -0.4 is 10.6 Å². The minimum Gasteiger partial charge on any atom is -0.377 e. The van der Waals surface area contributed by atoms with E-state index in [0.29, 0.717) is 6.54 Å². The minimum atomic E-state index is -1.05. The zero-order chi connectivity index (χ0) is 17.5. The van der Waals surface area contributed by atoms with Gasteiger partial charge in [0.05, 0.1) is 19.2 Å². The molecule has 1 aromatic carbocycles. The van der Waals surface area contributed by atoms with E-state index in [2.05, 4.69) is 10.6 Å². The average Bonchev–Trinajstić information content (AvgIpc) is 3.01. The Hall–Kier alpha value is -2.06. The summed E-state index contributed by atoms with van der Waals surface area (Å²) in [6.45, 7) is 1.33. The van der Waals surface area contributed by atoms with Crippen molar-refractivity contribution in [2.45, 2.75) is 18.9 Å². The molecule has 0 bridgehead atoms. The van der Waals surface area contributed by atoms with Crippen LogP contribution in [0.25, 0.3) is 0 Å². The van der Waals surface area contributed by atoms with Gasteiger partial charge in [-0.15, -0.1) is 0 Å². The molecule has 2 N–H and O–H groups in total. The molecule has 1 atom stereocenters. The van der Waals surface area contributed by atoms with E-state index in [1.54, 1.807) is 0 Å². The molecule has 0 radical (unpaired) electrons. The predicted octanol–water partition coefficient (Wildman–Crippen LogP) is 1.13. The highest BCUT2D eigenvalue weighted by Crippen LogP contribution is 2.13. The number of amides is 2. The van der Waals surface area contributed by atoms with Crippen LogP contribution in [0.2, 0.25) is 0 Å². The van der Waals surface area contributed by atoms with Crippen LogP contribution in [0.15, 0.2) is 18.2 Å². The smallest absolute Gasteiger partial charge is 0.243 e. The van der Waals surface area contributed by atoms with Crippen LogP contribution in [0, 0.1) is 11.6 Å². The molecule has 1 aliphatic heterocycles. The van der Waals surface area contributed by atoms with Gasteiger partial charge in [-0.05, 0) is 32.0 Å². The van der Waals surface area contributed by atoms with Gasteiger partial charge in [-0.1, -0.05) is 0 Å². The summed E-state index contributed by atoms with van der Waals surface area (Å²) in [6, 6.07) is 3.04. The molecule has 132 valence electrons. The van der Waals surface area contributed by atoms with Gasteiger partial charge in [0.15, 0.2) is 11.6 Å². The Bertz CT molecular complexity index is 592. The molecule has 1 heterocycles. The molecule has 1 fully saturated rings. The molecule has 2 rings (SSSR count). The Morgan fingerprint density at radius 3 is 2.75 bits per heavy atom. The maximum Gasteiger partial charge on any atom is 0.243 e. The van der Waals surface area contributed by atoms with Gasteiger partial charge in [-0.25, -0.2) is 8.78 Å². The van der Waals surface area contributed by atoms with Gasteiger partial charge in [0, 0.05) is 24.9 Å². The van der Waals surface area contributed by atoms with Gasteiger partial charge < -0.3 is 15.4 Å². The summed E-state index contributed by atoms with van der Waals surface area (Å²) in [5.74, 6) is -2.85. The predicted molar refractivity (Wildman–Crippen MR) is 84.5 cm³/mol. The third-order valence-electron chi connectivity index (χ3n) is 3.60. The molecule has 8 heteroatoms. The summed E-state index contributed by atoms with van der Waals surface area (Å²) < 4.78 is 31.3. The molecular weight excluding hydrogens is 320 g/mol. The van der Waals surface area contributed by atoms with Crippen molar-refractivity contribution in [3.8, 4) is 0 Å². The first kappa shape index (κ1) is 18.3. The van der Waals surface area contributed by atoms with Gasteiger partial charge in [0.25, 0.3) is 0 Å². The fraction of sp³-hybridized carbons (Fsp3) is 0.500. The largest absolute Gasteiger partial charge is 0.377 e. The number of ether oxygens (including phenoxy) is 1. The van der Waals surface area contributed by atoms with Crippen LogP contribution in [0.1, 0.15) is 12.8 Å². The Morgan fingerprint density at radius 2 is 2.08 bits per heavy atom. The van der Waals surface area contributed by atoms with E-state index in [1.807, 2.05) is 11.9 Å². The van der Waals surface area contributed by atoms with Crippen molar-refractivity contribution < 1.29 is 23.1 Å². The molecule has 0 saturated carbocycles. The number of carbonyl (C=O) groups is 2. The lowest BCUT2D eigenvalue weighted by atomic mass is 10.2. The summed E-state index contributed by atoms with van der Waals surface area (Å²) in [4.78, 5) is 25.3. The zero-order valence-electron chi connectivity index (χ0n) is 13.5. The van der Waals surface area contributed by atoms with Crippen molar-refractivity contribution in [1.82, 2.24) is 10.2 Å². The van der Waals surface area contributed by atoms with E-state index in [-0.39, 0.29) is 30.8 Å². The van der Waals surface area contributed by atoms with E-state index in [0.717, 1.165) is 31.6 Å². The van der Waals surface area contributed by atoms with Crippen molar-refractivity contribution in [1.29, 1.82) is 0 Å². The molecular formula is C16H21F2N3O3. The standard InChI is InChI=1S/C16H21F2N3O3/c1-21(9-12-3-2-6-24-12)10-16(23)19-8-15(22)20-11-4-5-13(17)14(18)7-11/h4-5,7,12H,2-3,6,8-10H2,1H3,(H,19,23)(H,20,22). The second-order valence-corrected chi connectivity index (χ2v) is 5.79. The topological polar surface area (TPSA) is 70.7 Å². The van der Waals surface area contributed by atoms with Crippen LogP contribution in [-0.4, -0.2) is 56.1 Å². The fourth-order valence-electron chi connectivity index (χ4n) is 2.46. The summed E-state index contributed by atoms with van der Waals surface area (Å²) >= 11 is 0. The van der Waals surface area contributed by atoms with Gasteiger partial charge in [-0.3, -0.25) is 14.5 Å². The normalized spacial score (nSPS) is 17.1. The van der Waals surface area contributed by atoms with E-state index in [1.165, 1.54) is 6.07 Å². The van der Waals surface area contributed by atoms with Crippen LogP contribution in [0.4, 0.5) is 14.5 Å². The van der Waals surface area contributed by atoms with E-state index in [4.69, 9.17) is 4.74 Å². The van der Waals surface area contributed by atoms with Gasteiger partial charge in [0.1, 0.15) is 0 Å². The van der Waals surface area contributed by atoms with E-state index < -0.39 is 17.5 Å². The first-order chi connectivity index (χ1) is 11.4. The Morgan fingerprint density at radius 1 is 1.29 bits per heavy atom. The molecule has 1 aliphatic rings. The second-order valence-electron chi connectivity index (χ2n) is 5.79. The molecule has 0 aromatic heterocycles. The van der Waals surface area contributed by atoms with E-state index in [9.17, 15) is 18.4 Å². The maximum atomic E-state index is 13.0. The molecule has 0 spiro atoms. The summed E-state index contributed by atoms with van der Waals surface area (Å²) in [5, 5.41) is 4.87. The summed E-state index contributed by atoms with van der Waals surface area (Å²) in [5.41, 5.74) is 0.128. The van der Waals surface area contributed by atoms with E-state index >= 15 is 0 Å². The molecule has 24 heavy (non-hydrogen) atoms. The third kappa shape index (κ3) is 5.86. The second kappa shape index (κ2) is 8.70. The molecule has 1 saturated heterocycles. The SMILES string of the molecule is CN(CC(=O)NCC(=O)Nc1ccc(F)c(F)c1)CC1CCCO1. The lowest BCUT2D eigenvalue weighted by Gasteiger charge is -2.19. The lowest BCUT2D eigenvalue weighted by Crippen LogP contribution is -2.41. The first-order valence-corrected chi connectivity index (χ1v) is 7.76. The van der Waals surface area contributed by atoms with Crippen molar-refractivity contribution in [3.63, 3.8) is 0 Å². The molecule has 2 amide bonds. The number of likely N-dealkylation sites (N-methyl/N-ethyl adjacent to an activating group) is 1. The third-order valence-corrected chi connectivity index (χ3v) is 3.60. The average molecular weight is 341 g/mol. The van der Waals surface area contributed by atoms with Crippen LogP contribution in [0.3, 0.4) is 0 Å². The number of hydrogen-bond donors (Lipinski definition) is 2. The molecule has 0 aliphatic carbocycles. The van der Waals surface area contributed by atoms with Crippen molar-refractivity contribution in [3.05, 3.63) is 29.8 Å². The van der Waals surface area contributed by atoms with Crippen molar-refractivity contribution in [2.75, 3.05) is 38.6 Å². The van der Waals surface area contributed by atoms with Crippen molar-refractivity contribution in [2.24, 2.45) is 0 Å². The quantitative estimate of drug-likeness (QED) is 0.780. The molecule has 6 nitrogen and oxygen atoms in total. The highest BCUT2D eigenvalue weighted by atomic mass is 19.2. The van der Waals surface area contributed by atoms with Crippen molar-refractivity contribution >= 4 is 17.5 Å². The Balaban J connectivity index is 1.68. The zero-order valence-corrected chi connectivity index (χ0v) is 13.5. The maximum absolute atomic E-state index is 13.0. The lowest BCUT2D eigenvalue weighted by molar-refractivity contribution is -0.125. The number of hydrogen-bond acceptors (Lipinski definition) is 4. The number of rotatable bonds is 7. The summed E-state index contributed by atoms with van der Waals surface area (Å²) in [7, 11) is 1.81. The Labute approximate surface area is 139 Å². The number of benzene rings is 1. The van der Waals surface area contributed by atoms with Gasteiger partial charge in [0.2, 0.25) is 11.8 Å². The monoisotopic (exact) mass is 341 g/mol. The van der Waals surface area contributed by atoms with Gasteiger partial charge in [-0.2, -0.15) is 0 Å². The highest BCUT2D eigenvalue weighted by molar-refractivity contribution is 5.94. The highest BCUT2D eigenvalue weighted by Gasteiger charge is 2.18. The molecule has 1 unspecified atom stereocenters. The number of nitrogens with one attached hydrogen (secondary N) is 2. The minimum absolute atomic E-state index is 0.128. The van der Waals surface area contributed by atoms with Crippen LogP contribution in [0.5, 0.6) is 0 Å². The first-order valence-electron chi connectivity index (χ1n) is 7.76. The number of carbonyl (C=O) groups excluding carboxylic acids is 2. The fourth-order valence-corrected chi connectivity index (χ4v) is 2.46. The number of halogens is 2. The number of anilines is 1. The van der Waals surface area contributed by atoms with Gasteiger partial charge >= 0.3 is 0 Å². The van der Waals surface area contributed by atoms with Crippen LogP contribution >= 0.6 is 0 Å². The number of nitrogens with zero attached hydrogens (tertiary/aromatic N) is 1. The Kier molecular flexibility index (Phi) is 6.62. The summed E-state index contributed by atoms with van der Waals surface area (Å²) in [6.07, 6.45) is 2.18. The molecule has 1 aromatic rings. The van der Waals surface area contributed by atoms with Crippen LogP contribution in [-0.2, 0) is 14.3 Å².